The van der Waals surface area contributed by atoms with Crippen molar-refractivity contribution in [2.24, 2.45) is 5.73 Å². The van der Waals surface area contributed by atoms with Crippen molar-refractivity contribution in [3.05, 3.63) is 94.5 Å². The van der Waals surface area contributed by atoms with Gasteiger partial charge < -0.3 is 15.2 Å². The molecule has 3 aromatic rings. The Bertz CT molecular complexity index is 1110. The number of ether oxygens (including phenoxy) is 2. The third kappa shape index (κ3) is 5.39. The highest BCUT2D eigenvalue weighted by Gasteiger charge is 2.44. The monoisotopic (exact) mass is 536 g/mol. The zero-order valence-corrected chi connectivity index (χ0v) is 22.1. The number of carbonyl (C=O) groups is 1. The number of nitrogens with two attached hydrogens (primary N) is 1. The first-order valence-corrected chi connectivity index (χ1v) is 12.7. The van der Waals surface area contributed by atoms with Gasteiger partial charge >= 0.3 is 0 Å². The van der Waals surface area contributed by atoms with Crippen LogP contribution in [0.2, 0.25) is 0 Å². The first-order valence-electron chi connectivity index (χ1n) is 11.9. The molecule has 1 heterocycles. The van der Waals surface area contributed by atoms with E-state index in [1.165, 1.54) is 0 Å². The Morgan fingerprint density at radius 1 is 0.943 bits per heavy atom. The van der Waals surface area contributed by atoms with Crippen molar-refractivity contribution < 1.29 is 14.3 Å². The molecule has 2 N–H and O–H groups in total. The molecule has 3 aromatic carbocycles. The molecule has 5 nitrogen and oxygen atoms in total. The molecule has 1 fully saturated rings. The van der Waals surface area contributed by atoms with Crippen LogP contribution >= 0.6 is 15.9 Å². The molecule has 35 heavy (non-hydrogen) atoms. The molecule has 0 atom stereocenters. The van der Waals surface area contributed by atoms with Crippen LogP contribution in [0.4, 0.5) is 0 Å². The molecule has 1 saturated heterocycles. The van der Waals surface area contributed by atoms with Gasteiger partial charge in [-0.05, 0) is 49.9 Å². The molecule has 1 amide bonds. The predicted octanol–water partition coefficient (Wildman–Crippen LogP) is 5.55. The number of carbonyl (C=O) groups excluding carboxylic acids is 1. The van der Waals surface area contributed by atoms with Crippen LogP contribution in [0.25, 0.3) is 0 Å². The third-order valence-electron chi connectivity index (χ3n) is 7.15. The lowest BCUT2D eigenvalue weighted by Gasteiger charge is -2.49. The standard InChI is InChI=1S/C29H33BrN2O3/c1-28(2,32-19-26(20-32)35-25-17-23(30)16-24(18-25)34-3)14-15-29(27(31)33,21-10-6-4-7-11-21)22-12-8-5-9-13-22/h4-13,16-18,26H,14-15,19-20H2,1-3H3,(H2,31,33). The normalized spacial score (nSPS) is 14.9. The third-order valence-corrected chi connectivity index (χ3v) is 7.61. The van der Waals surface area contributed by atoms with Crippen LogP contribution < -0.4 is 15.2 Å². The number of benzene rings is 3. The summed E-state index contributed by atoms with van der Waals surface area (Å²) in [5, 5.41) is 0. The van der Waals surface area contributed by atoms with Gasteiger partial charge in [-0.3, -0.25) is 9.69 Å². The van der Waals surface area contributed by atoms with Gasteiger partial charge in [0.25, 0.3) is 0 Å². The SMILES string of the molecule is COc1cc(Br)cc(OC2CN(C(C)(C)CCC(C(N)=O)(c3ccccc3)c3ccccc3)C2)c1. The van der Waals surface area contributed by atoms with Crippen molar-refractivity contribution >= 4 is 21.8 Å². The average molecular weight is 537 g/mol. The van der Waals surface area contributed by atoms with Crippen molar-refractivity contribution in [1.82, 2.24) is 4.90 Å². The molecule has 6 heteroatoms. The van der Waals surface area contributed by atoms with Gasteiger partial charge in [0, 0.05) is 29.2 Å². The Balaban J connectivity index is 1.48. The average Bonchev–Trinajstić information content (AvgIpc) is 2.82. The van der Waals surface area contributed by atoms with Gasteiger partial charge in [0.1, 0.15) is 17.6 Å². The van der Waals surface area contributed by atoms with Gasteiger partial charge in [-0.1, -0.05) is 76.6 Å². The van der Waals surface area contributed by atoms with E-state index in [9.17, 15) is 4.79 Å². The fourth-order valence-corrected chi connectivity index (χ4v) is 5.33. The van der Waals surface area contributed by atoms with E-state index in [4.69, 9.17) is 15.2 Å². The summed E-state index contributed by atoms with van der Waals surface area (Å²) in [5.74, 6) is 1.23. The zero-order valence-electron chi connectivity index (χ0n) is 20.5. The number of hydrogen-bond donors (Lipinski definition) is 1. The van der Waals surface area contributed by atoms with Crippen molar-refractivity contribution in [3.8, 4) is 11.5 Å². The lowest BCUT2D eigenvalue weighted by molar-refractivity contribution is -0.122. The van der Waals surface area contributed by atoms with Crippen LogP contribution in [0.1, 0.15) is 37.8 Å². The van der Waals surface area contributed by atoms with E-state index in [0.717, 1.165) is 46.6 Å². The number of hydrogen-bond acceptors (Lipinski definition) is 4. The number of primary amides is 1. The summed E-state index contributed by atoms with van der Waals surface area (Å²) in [5.41, 5.74) is 7.00. The number of likely N-dealkylation sites (tertiary alicyclic amines) is 1. The molecule has 0 radical (unpaired) electrons. The minimum absolute atomic E-state index is 0.109. The predicted molar refractivity (Wildman–Crippen MR) is 143 cm³/mol. The van der Waals surface area contributed by atoms with Gasteiger partial charge in [0.2, 0.25) is 5.91 Å². The molecule has 0 spiro atoms. The van der Waals surface area contributed by atoms with Crippen molar-refractivity contribution in [2.45, 2.75) is 43.7 Å². The van der Waals surface area contributed by atoms with Crippen LogP contribution in [-0.4, -0.2) is 42.6 Å². The maximum atomic E-state index is 13.1. The molecule has 1 aliphatic rings. The molecule has 0 saturated carbocycles. The van der Waals surface area contributed by atoms with Gasteiger partial charge in [-0.15, -0.1) is 0 Å². The second-order valence-corrected chi connectivity index (χ2v) is 10.7. The second kappa shape index (κ2) is 10.4. The minimum atomic E-state index is -0.882. The summed E-state index contributed by atoms with van der Waals surface area (Å²) >= 11 is 3.51. The van der Waals surface area contributed by atoms with Crippen LogP contribution in [0.5, 0.6) is 11.5 Å². The number of amides is 1. The molecule has 1 aliphatic heterocycles. The van der Waals surface area contributed by atoms with Crippen molar-refractivity contribution in [2.75, 3.05) is 20.2 Å². The van der Waals surface area contributed by atoms with E-state index in [2.05, 4.69) is 34.7 Å². The number of halogens is 1. The smallest absolute Gasteiger partial charge is 0.232 e. The number of rotatable bonds is 10. The maximum absolute atomic E-state index is 13.1. The van der Waals surface area contributed by atoms with Gasteiger partial charge in [0.15, 0.2) is 0 Å². The highest BCUT2D eigenvalue weighted by Crippen LogP contribution is 2.40. The fraction of sp³-hybridized carbons (Fsp3) is 0.345. The quantitative estimate of drug-likeness (QED) is 0.368. The Morgan fingerprint density at radius 3 is 2.00 bits per heavy atom. The van der Waals surface area contributed by atoms with Gasteiger partial charge in [0.05, 0.1) is 12.5 Å². The zero-order chi connectivity index (χ0) is 25.1. The van der Waals surface area contributed by atoms with Crippen molar-refractivity contribution in [3.63, 3.8) is 0 Å². The number of methoxy groups -OCH3 is 1. The van der Waals surface area contributed by atoms with Crippen LogP contribution in [-0.2, 0) is 10.2 Å². The molecule has 0 bridgehead atoms. The highest BCUT2D eigenvalue weighted by atomic mass is 79.9. The molecule has 0 aromatic heterocycles. The summed E-state index contributed by atoms with van der Waals surface area (Å²) < 4.78 is 12.5. The lowest BCUT2D eigenvalue weighted by atomic mass is 9.69. The summed E-state index contributed by atoms with van der Waals surface area (Å²) in [7, 11) is 1.65. The van der Waals surface area contributed by atoms with E-state index in [1.807, 2.05) is 78.9 Å². The van der Waals surface area contributed by atoms with Crippen molar-refractivity contribution in [1.29, 1.82) is 0 Å². The molecule has 0 unspecified atom stereocenters. The topological polar surface area (TPSA) is 64.8 Å². The van der Waals surface area contributed by atoms with E-state index in [-0.39, 0.29) is 17.6 Å². The van der Waals surface area contributed by atoms with Gasteiger partial charge in [-0.2, -0.15) is 0 Å². The van der Waals surface area contributed by atoms with Crippen LogP contribution in [0, 0.1) is 0 Å². The van der Waals surface area contributed by atoms with Crippen LogP contribution in [0.3, 0.4) is 0 Å². The summed E-state index contributed by atoms with van der Waals surface area (Å²) in [6, 6.07) is 25.6. The lowest BCUT2D eigenvalue weighted by Crippen LogP contribution is -2.62. The first kappa shape index (κ1) is 25.3. The Kier molecular flexibility index (Phi) is 7.53. The molecular weight excluding hydrogens is 504 g/mol. The van der Waals surface area contributed by atoms with E-state index < -0.39 is 5.41 Å². The molecule has 4 rings (SSSR count). The molecular formula is C29H33BrN2O3. The second-order valence-electron chi connectivity index (χ2n) is 9.79. The summed E-state index contributed by atoms with van der Waals surface area (Å²) in [6.45, 7) is 6.10. The van der Waals surface area contributed by atoms with E-state index in [1.54, 1.807) is 7.11 Å². The summed E-state index contributed by atoms with van der Waals surface area (Å²) in [4.78, 5) is 15.5. The largest absolute Gasteiger partial charge is 0.497 e. The fourth-order valence-electron chi connectivity index (χ4n) is 4.88. The summed E-state index contributed by atoms with van der Waals surface area (Å²) in [6.07, 6.45) is 1.53. The van der Waals surface area contributed by atoms with E-state index >= 15 is 0 Å². The highest BCUT2D eigenvalue weighted by molar-refractivity contribution is 9.10. The minimum Gasteiger partial charge on any atom is -0.497 e. The molecule has 184 valence electrons. The van der Waals surface area contributed by atoms with E-state index in [0.29, 0.717) is 6.42 Å². The van der Waals surface area contributed by atoms with Gasteiger partial charge in [-0.25, -0.2) is 0 Å². The number of nitrogens with zero attached hydrogens (tertiary/aromatic N) is 1. The van der Waals surface area contributed by atoms with Crippen LogP contribution in [0.15, 0.2) is 83.3 Å². The Hall–Kier alpha value is -2.83. The molecule has 0 aliphatic carbocycles. The maximum Gasteiger partial charge on any atom is 0.232 e. The Labute approximate surface area is 216 Å². The Morgan fingerprint density at radius 2 is 1.49 bits per heavy atom. The first-order chi connectivity index (χ1) is 16.7.